The van der Waals surface area contributed by atoms with Gasteiger partial charge in [0.05, 0.1) is 54.6 Å². The van der Waals surface area contributed by atoms with Crippen LogP contribution in [0.3, 0.4) is 0 Å². The lowest BCUT2D eigenvalue weighted by Gasteiger charge is -2.34. The Morgan fingerprint density at radius 2 is 1.56 bits per heavy atom. The van der Waals surface area contributed by atoms with Crippen molar-refractivity contribution in [2.45, 2.75) is 78.1 Å². The van der Waals surface area contributed by atoms with E-state index in [9.17, 15) is 10.2 Å². The van der Waals surface area contributed by atoms with Crippen LogP contribution in [0.1, 0.15) is 62.0 Å². The minimum Gasteiger partial charge on any atom is -0.493 e. The molecule has 59 heavy (non-hydrogen) atoms. The van der Waals surface area contributed by atoms with Gasteiger partial charge in [-0.25, -0.2) is 0 Å². The Balaban J connectivity index is 1.07. The molecule has 2 aromatic heterocycles. The number of morpholine rings is 1. The largest absolute Gasteiger partial charge is 0.493 e. The van der Waals surface area contributed by atoms with Crippen LogP contribution in [-0.4, -0.2) is 94.2 Å². The maximum absolute atomic E-state index is 11.1. The lowest BCUT2D eigenvalue weighted by Crippen LogP contribution is -2.38. The van der Waals surface area contributed by atoms with Gasteiger partial charge in [0.25, 0.3) is 0 Å². The predicted octanol–water partition coefficient (Wildman–Crippen LogP) is 7.80. The first kappa shape index (κ1) is 40.9. The Hall–Kier alpha value is -4.91. The lowest BCUT2D eigenvalue weighted by molar-refractivity contribution is -0.0491. The monoisotopic (exact) mass is 801 g/mol. The van der Waals surface area contributed by atoms with E-state index in [-0.39, 0.29) is 6.10 Å². The first-order valence-corrected chi connectivity index (χ1v) is 21.3. The van der Waals surface area contributed by atoms with E-state index in [1.54, 1.807) is 0 Å². The molecule has 0 unspecified atom stereocenters. The first-order chi connectivity index (χ1) is 28.7. The molecule has 2 aliphatic heterocycles. The first-order valence-electron chi connectivity index (χ1n) is 21.3. The molecule has 2 aliphatic rings. The van der Waals surface area contributed by atoms with Crippen LogP contribution in [0.25, 0.3) is 32.8 Å². The third-order valence-electron chi connectivity index (χ3n) is 11.9. The van der Waals surface area contributed by atoms with E-state index < -0.39 is 6.29 Å². The summed E-state index contributed by atoms with van der Waals surface area (Å²) < 4.78 is 28.6. The summed E-state index contributed by atoms with van der Waals surface area (Å²) in [4.78, 5) is 4.80. The van der Waals surface area contributed by atoms with Gasteiger partial charge in [-0.15, -0.1) is 0 Å². The molecule has 0 atom stereocenters. The summed E-state index contributed by atoms with van der Waals surface area (Å²) in [5.41, 5.74) is 7.45. The maximum atomic E-state index is 11.1. The second-order valence-electron chi connectivity index (χ2n) is 16.2. The standard InChI is InChI=1S/C48H59N5O6/c1-33(2)59-38-21-23-52(24-22-38)36-17-19-37(20-18-36)58-32-43-45(34(3)49-50(43)4)42-14-8-13-40-41(15-9-29-57-44-16-7-11-35-10-5-6-12-39(35)44)47(48(54)55)53(46(40)42)26-25-51-27-30-56-31-28-51/h5-8,10-14,16-20,33,38,48,54-55H,9,15,21-32H2,1-4H3. The lowest BCUT2D eigenvalue weighted by atomic mass is 9.98. The highest BCUT2D eigenvalue weighted by atomic mass is 16.5. The minimum absolute atomic E-state index is 0.256. The van der Waals surface area contributed by atoms with Crippen molar-refractivity contribution >= 4 is 27.4 Å². The number of piperidine rings is 1. The summed E-state index contributed by atoms with van der Waals surface area (Å²) in [6.07, 6.45) is 2.30. The van der Waals surface area contributed by atoms with E-state index in [1.807, 2.05) is 42.9 Å². The summed E-state index contributed by atoms with van der Waals surface area (Å²) in [5, 5.41) is 30.4. The normalized spacial score (nSPS) is 15.6. The maximum Gasteiger partial charge on any atom is 0.194 e. The predicted molar refractivity (Wildman–Crippen MR) is 233 cm³/mol. The van der Waals surface area contributed by atoms with Crippen molar-refractivity contribution in [1.82, 2.24) is 19.2 Å². The van der Waals surface area contributed by atoms with Crippen LogP contribution < -0.4 is 14.4 Å². The van der Waals surface area contributed by atoms with E-state index in [1.165, 1.54) is 5.69 Å². The Kier molecular flexibility index (Phi) is 12.9. The summed E-state index contributed by atoms with van der Waals surface area (Å²) in [5.74, 6) is 1.65. The fourth-order valence-corrected chi connectivity index (χ4v) is 9.07. The van der Waals surface area contributed by atoms with E-state index in [2.05, 4.69) is 88.9 Å². The van der Waals surface area contributed by atoms with Crippen LogP contribution in [-0.2, 0) is 36.1 Å². The number of aliphatic hydroxyl groups excluding tert-OH is 1. The van der Waals surface area contributed by atoms with E-state index in [4.69, 9.17) is 24.0 Å². The van der Waals surface area contributed by atoms with Crippen molar-refractivity contribution in [2.24, 2.45) is 7.05 Å². The van der Waals surface area contributed by atoms with E-state index in [0.29, 0.717) is 57.6 Å². The van der Waals surface area contributed by atoms with Crippen molar-refractivity contribution in [3.63, 3.8) is 0 Å². The number of benzene rings is 4. The highest BCUT2D eigenvalue weighted by Gasteiger charge is 2.27. The molecule has 0 spiro atoms. The third-order valence-corrected chi connectivity index (χ3v) is 11.9. The van der Waals surface area contributed by atoms with Crippen LogP contribution in [0.5, 0.6) is 11.5 Å². The second kappa shape index (κ2) is 18.6. The molecular formula is C48H59N5O6. The number of ether oxygens (including phenoxy) is 4. The molecule has 6 aromatic rings. The van der Waals surface area contributed by atoms with Gasteiger partial charge in [0.15, 0.2) is 6.29 Å². The van der Waals surface area contributed by atoms with Gasteiger partial charge in [0.1, 0.15) is 18.1 Å². The summed E-state index contributed by atoms with van der Waals surface area (Å²) >= 11 is 0. The quantitative estimate of drug-likeness (QED) is 0.0750. The number of aryl methyl sites for hydroxylation is 3. The van der Waals surface area contributed by atoms with Gasteiger partial charge < -0.3 is 38.6 Å². The topological polar surface area (TPSA) is 107 Å². The number of aromatic nitrogens is 3. The van der Waals surface area contributed by atoms with Crippen LogP contribution in [0, 0.1) is 6.92 Å². The molecule has 0 radical (unpaired) electrons. The number of para-hydroxylation sites is 1. The Labute approximate surface area is 347 Å². The summed E-state index contributed by atoms with van der Waals surface area (Å²) in [6.45, 7) is 13.4. The molecular weight excluding hydrogens is 743 g/mol. The van der Waals surface area contributed by atoms with Gasteiger partial charge in [0, 0.05) is 73.9 Å². The van der Waals surface area contributed by atoms with Crippen molar-refractivity contribution in [1.29, 1.82) is 0 Å². The van der Waals surface area contributed by atoms with Crippen LogP contribution >= 0.6 is 0 Å². The zero-order valence-corrected chi connectivity index (χ0v) is 35.0. The zero-order valence-electron chi connectivity index (χ0n) is 35.0. The average molecular weight is 802 g/mol. The smallest absolute Gasteiger partial charge is 0.194 e. The van der Waals surface area contributed by atoms with Crippen molar-refractivity contribution in [2.75, 3.05) is 57.4 Å². The SMILES string of the molecule is Cc1nn(C)c(COc2ccc(N3CCC(OC(C)C)CC3)cc2)c1-c1cccc2c(CCCOc3cccc4ccccc34)c(C(O)O)n(CCN3CCOCC3)c12. The molecule has 11 nitrogen and oxygen atoms in total. The fourth-order valence-electron chi connectivity index (χ4n) is 9.07. The zero-order chi connectivity index (χ0) is 40.9. The number of hydrogen-bond donors (Lipinski definition) is 2. The number of hydrogen-bond acceptors (Lipinski definition) is 9. The number of nitrogens with zero attached hydrogens (tertiary/aromatic N) is 5. The molecule has 8 rings (SSSR count). The third kappa shape index (κ3) is 9.15. The van der Waals surface area contributed by atoms with Crippen molar-refractivity contribution in [3.8, 4) is 22.6 Å². The highest BCUT2D eigenvalue weighted by molar-refractivity contribution is 5.99. The summed E-state index contributed by atoms with van der Waals surface area (Å²) in [7, 11) is 1.97. The number of rotatable bonds is 16. The average Bonchev–Trinajstić information content (AvgIpc) is 3.73. The molecule has 2 saturated heterocycles. The van der Waals surface area contributed by atoms with Crippen molar-refractivity contribution < 1.29 is 29.2 Å². The summed E-state index contributed by atoms with van der Waals surface area (Å²) in [6, 6.07) is 29.1. The van der Waals surface area contributed by atoms with Gasteiger partial charge in [-0.1, -0.05) is 54.6 Å². The van der Waals surface area contributed by atoms with Gasteiger partial charge in [-0.3, -0.25) is 9.58 Å². The van der Waals surface area contributed by atoms with Crippen LogP contribution in [0.2, 0.25) is 0 Å². The molecule has 4 aromatic carbocycles. The molecule has 0 amide bonds. The molecule has 11 heteroatoms. The number of fused-ring (bicyclic) bond motifs is 2. The van der Waals surface area contributed by atoms with Gasteiger partial charge in [0.2, 0.25) is 0 Å². The Morgan fingerprint density at radius 1 is 0.831 bits per heavy atom. The molecule has 2 N–H and O–H groups in total. The Bertz CT molecular complexity index is 2310. The van der Waals surface area contributed by atoms with Gasteiger partial charge in [-0.2, -0.15) is 5.10 Å². The highest BCUT2D eigenvalue weighted by Crippen LogP contribution is 2.40. The van der Waals surface area contributed by atoms with Crippen LogP contribution in [0.4, 0.5) is 5.69 Å². The number of anilines is 1. The van der Waals surface area contributed by atoms with Crippen molar-refractivity contribution in [3.05, 3.63) is 108 Å². The fraction of sp³-hybridized carbons (Fsp3) is 0.438. The minimum atomic E-state index is -1.66. The molecule has 0 saturated carbocycles. The Morgan fingerprint density at radius 3 is 2.32 bits per heavy atom. The van der Waals surface area contributed by atoms with E-state index in [0.717, 1.165) is 107 Å². The molecule has 2 fully saturated rings. The molecule has 4 heterocycles. The molecule has 0 bridgehead atoms. The second-order valence-corrected chi connectivity index (χ2v) is 16.2. The van der Waals surface area contributed by atoms with Gasteiger partial charge in [-0.05, 0) is 87.7 Å². The molecule has 312 valence electrons. The van der Waals surface area contributed by atoms with Gasteiger partial charge >= 0.3 is 0 Å². The van der Waals surface area contributed by atoms with E-state index >= 15 is 0 Å². The van der Waals surface area contributed by atoms with Crippen LogP contribution in [0.15, 0.2) is 84.9 Å². The molecule has 0 aliphatic carbocycles. The number of aliphatic hydroxyl groups is 2.